The first-order chi connectivity index (χ1) is 8.16. The third-order valence-electron chi connectivity index (χ3n) is 3.63. The standard InChI is InChI=1S/C12H21N5/c1-16-11(2-6-15-16)5-9-17-7-3-10(4-8-17)12(13)14/h2,6,10H,3-5,7-9H2,1H3,(H3,13,14). The highest BCUT2D eigenvalue weighted by atomic mass is 15.3. The van der Waals surface area contributed by atoms with Crippen molar-refractivity contribution >= 4 is 5.84 Å². The first kappa shape index (κ1) is 12.1. The fourth-order valence-corrected chi connectivity index (χ4v) is 2.39. The summed E-state index contributed by atoms with van der Waals surface area (Å²) in [6.07, 6.45) is 4.94. The molecule has 17 heavy (non-hydrogen) atoms. The SMILES string of the molecule is Cn1nccc1CCN1CCC(C(=N)N)CC1. The zero-order valence-electron chi connectivity index (χ0n) is 10.4. The minimum Gasteiger partial charge on any atom is -0.387 e. The van der Waals surface area contributed by atoms with Crippen LogP contribution in [0.15, 0.2) is 12.3 Å². The molecule has 1 aliphatic heterocycles. The van der Waals surface area contributed by atoms with E-state index >= 15 is 0 Å². The Kier molecular flexibility index (Phi) is 3.78. The molecular formula is C12H21N5. The topological polar surface area (TPSA) is 70.9 Å². The van der Waals surface area contributed by atoms with Gasteiger partial charge in [0.2, 0.25) is 0 Å². The first-order valence-corrected chi connectivity index (χ1v) is 6.20. The number of aryl methyl sites for hydroxylation is 1. The first-order valence-electron chi connectivity index (χ1n) is 6.20. The fourth-order valence-electron chi connectivity index (χ4n) is 2.39. The number of nitrogens with zero attached hydrogens (tertiary/aromatic N) is 3. The van der Waals surface area contributed by atoms with Crippen LogP contribution >= 0.6 is 0 Å². The number of nitrogens with one attached hydrogen (secondary N) is 1. The van der Waals surface area contributed by atoms with Gasteiger partial charge in [0.1, 0.15) is 0 Å². The summed E-state index contributed by atoms with van der Waals surface area (Å²) in [4.78, 5) is 2.45. The Balaban J connectivity index is 1.75. The molecule has 0 unspecified atom stereocenters. The van der Waals surface area contributed by atoms with Crippen molar-refractivity contribution in [1.29, 1.82) is 5.41 Å². The Morgan fingerprint density at radius 3 is 2.76 bits per heavy atom. The van der Waals surface area contributed by atoms with Crippen LogP contribution < -0.4 is 5.73 Å². The molecule has 0 amide bonds. The van der Waals surface area contributed by atoms with Gasteiger partial charge in [-0.2, -0.15) is 5.10 Å². The zero-order valence-corrected chi connectivity index (χ0v) is 10.4. The van der Waals surface area contributed by atoms with Crippen molar-refractivity contribution in [3.63, 3.8) is 0 Å². The smallest absolute Gasteiger partial charge is 0.0937 e. The predicted octanol–water partition coefficient (Wildman–Crippen LogP) is 0.611. The van der Waals surface area contributed by atoms with Crippen LogP contribution in [0.5, 0.6) is 0 Å². The second kappa shape index (κ2) is 5.31. The molecule has 5 heteroatoms. The van der Waals surface area contributed by atoms with E-state index in [1.807, 2.05) is 17.9 Å². The fraction of sp³-hybridized carbons (Fsp3) is 0.667. The summed E-state index contributed by atoms with van der Waals surface area (Å²) in [5, 5.41) is 11.6. The number of likely N-dealkylation sites (tertiary alicyclic amines) is 1. The molecule has 1 fully saturated rings. The summed E-state index contributed by atoms with van der Waals surface area (Å²) >= 11 is 0. The van der Waals surface area contributed by atoms with E-state index in [-0.39, 0.29) is 0 Å². The molecule has 5 nitrogen and oxygen atoms in total. The van der Waals surface area contributed by atoms with Gasteiger partial charge >= 0.3 is 0 Å². The van der Waals surface area contributed by atoms with Gasteiger partial charge in [-0.3, -0.25) is 10.1 Å². The second-order valence-corrected chi connectivity index (χ2v) is 4.77. The Morgan fingerprint density at radius 2 is 2.24 bits per heavy atom. The maximum Gasteiger partial charge on any atom is 0.0937 e. The maximum atomic E-state index is 7.45. The highest BCUT2D eigenvalue weighted by molar-refractivity contribution is 5.79. The summed E-state index contributed by atoms with van der Waals surface area (Å²) < 4.78 is 1.93. The van der Waals surface area contributed by atoms with E-state index in [0.717, 1.165) is 38.9 Å². The number of nitrogens with two attached hydrogens (primary N) is 1. The Bertz CT molecular complexity index is 376. The van der Waals surface area contributed by atoms with Gasteiger partial charge in [-0.1, -0.05) is 0 Å². The van der Waals surface area contributed by atoms with E-state index in [2.05, 4.69) is 16.1 Å². The zero-order chi connectivity index (χ0) is 12.3. The monoisotopic (exact) mass is 235 g/mol. The van der Waals surface area contributed by atoms with Gasteiger partial charge < -0.3 is 10.6 Å². The number of aromatic nitrogens is 2. The summed E-state index contributed by atoms with van der Waals surface area (Å²) in [7, 11) is 1.98. The van der Waals surface area contributed by atoms with E-state index in [0.29, 0.717) is 11.8 Å². The summed E-state index contributed by atoms with van der Waals surface area (Å²) in [6, 6.07) is 2.07. The minimum atomic E-state index is 0.308. The van der Waals surface area contributed by atoms with E-state index in [1.54, 1.807) is 0 Å². The van der Waals surface area contributed by atoms with E-state index < -0.39 is 0 Å². The largest absolute Gasteiger partial charge is 0.387 e. The molecule has 94 valence electrons. The van der Waals surface area contributed by atoms with E-state index in [1.165, 1.54) is 5.69 Å². The summed E-state index contributed by atoms with van der Waals surface area (Å²) in [5.41, 5.74) is 6.81. The van der Waals surface area contributed by atoms with Crippen molar-refractivity contribution < 1.29 is 0 Å². The van der Waals surface area contributed by atoms with Gasteiger partial charge in [0, 0.05) is 37.8 Å². The van der Waals surface area contributed by atoms with E-state index in [9.17, 15) is 0 Å². The highest BCUT2D eigenvalue weighted by Crippen LogP contribution is 2.16. The third-order valence-corrected chi connectivity index (χ3v) is 3.63. The molecule has 1 aliphatic rings. The number of piperidine rings is 1. The van der Waals surface area contributed by atoms with Crippen LogP contribution in [-0.2, 0) is 13.5 Å². The van der Waals surface area contributed by atoms with Crippen molar-refractivity contribution in [3.8, 4) is 0 Å². The third kappa shape index (κ3) is 3.06. The van der Waals surface area contributed by atoms with Gasteiger partial charge in [0.15, 0.2) is 0 Å². The van der Waals surface area contributed by atoms with Crippen LogP contribution in [0, 0.1) is 11.3 Å². The van der Waals surface area contributed by atoms with Crippen LogP contribution in [0.3, 0.4) is 0 Å². The Morgan fingerprint density at radius 1 is 1.53 bits per heavy atom. The lowest BCUT2D eigenvalue weighted by Gasteiger charge is -2.31. The lowest BCUT2D eigenvalue weighted by atomic mass is 9.96. The summed E-state index contributed by atoms with van der Waals surface area (Å²) in [6.45, 7) is 3.19. The average Bonchev–Trinajstić information content (AvgIpc) is 2.73. The quantitative estimate of drug-likeness (QED) is 0.593. The normalized spacial score (nSPS) is 18.4. The Hall–Kier alpha value is -1.36. The van der Waals surface area contributed by atoms with Gasteiger partial charge in [-0.05, 0) is 32.0 Å². The van der Waals surface area contributed by atoms with Crippen LogP contribution in [0.25, 0.3) is 0 Å². The van der Waals surface area contributed by atoms with Gasteiger partial charge in [0.05, 0.1) is 5.84 Å². The number of amidine groups is 1. The molecule has 2 rings (SSSR count). The van der Waals surface area contributed by atoms with Crippen LogP contribution in [0.1, 0.15) is 18.5 Å². The van der Waals surface area contributed by atoms with Gasteiger partial charge in [0.25, 0.3) is 0 Å². The molecule has 1 aromatic rings. The number of rotatable bonds is 4. The van der Waals surface area contributed by atoms with Crippen molar-refractivity contribution in [3.05, 3.63) is 18.0 Å². The molecule has 0 spiro atoms. The van der Waals surface area contributed by atoms with Crippen LogP contribution in [-0.4, -0.2) is 40.2 Å². The van der Waals surface area contributed by atoms with Crippen molar-refractivity contribution in [2.24, 2.45) is 18.7 Å². The molecule has 0 bridgehead atoms. The molecule has 1 saturated heterocycles. The van der Waals surface area contributed by atoms with Gasteiger partial charge in [-0.25, -0.2) is 0 Å². The molecule has 0 radical (unpaired) electrons. The second-order valence-electron chi connectivity index (χ2n) is 4.77. The van der Waals surface area contributed by atoms with E-state index in [4.69, 9.17) is 11.1 Å². The maximum absolute atomic E-state index is 7.45. The van der Waals surface area contributed by atoms with Crippen LogP contribution in [0.2, 0.25) is 0 Å². The number of hydrogen-bond donors (Lipinski definition) is 2. The van der Waals surface area contributed by atoms with Crippen molar-refractivity contribution in [1.82, 2.24) is 14.7 Å². The molecule has 0 aromatic carbocycles. The lowest BCUT2D eigenvalue weighted by molar-refractivity contribution is 0.210. The van der Waals surface area contributed by atoms with Crippen molar-refractivity contribution in [2.75, 3.05) is 19.6 Å². The van der Waals surface area contributed by atoms with Crippen molar-refractivity contribution in [2.45, 2.75) is 19.3 Å². The van der Waals surface area contributed by atoms with Gasteiger partial charge in [-0.15, -0.1) is 0 Å². The highest BCUT2D eigenvalue weighted by Gasteiger charge is 2.20. The molecule has 1 aromatic heterocycles. The number of hydrogen-bond acceptors (Lipinski definition) is 3. The summed E-state index contributed by atoms with van der Waals surface area (Å²) in [5.74, 6) is 0.666. The van der Waals surface area contributed by atoms with Crippen LogP contribution in [0.4, 0.5) is 0 Å². The molecule has 0 atom stereocenters. The molecule has 0 aliphatic carbocycles. The average molecular weight is 235 g/mol. The molecule has 3 N–H and O–H groups in total. The molecule has 0 saturated carbocycles. The molecule has 2 heterocycles. The Labute approximate surface area is 102 Å². The predicted molar refractivity (Wildman–Crippen MR) is 68.0 cm³/mol. The minimum absolute atomic E-state index is 0.308. The lowest BCUT2D eigenvalue weighted by Crippen LogP contribution is -2.39. The molecular weight excluding hydrogens is 214 g/mol.